The second-order valence-electron chi connectivity index (χ2n) is 6.18. The fraction of sp³-hybridized carbons (Fsp3) is 0.200. The largest absolute Gasteiger partial charge is 0.496 e. The molecular formula is C20H21ClN6O2. The number of hydrogen-bond donors (Lipinski definition) is 3. The summed E-state index contributed by atoms with van der Waals surface area (Å²) in [7, 11) is 1.51. The van der Waals surface area contributed by atoms with Crippen molar-refractivity contribution < 1.29 is 9.53 Å². The Labute approximate surface area is 173 Å². The summed E-state index contributed by atoms with van der Waals surface area (Å²) in [5.41, 5.74) is 1.47. The molecule has 0 atom stereocenters. The smallest absolute Gasteiger partial charge is 0.255 e. The minimum atomic E-state index is -0.262. The molecule has 3 rings (SSSR count). The van der Waals surface area contributed by atoms with Crippen LogP contribution in [-0.2, 0) is 0 Å². The molecule has 0 aliphatic carbocycles. The van der Waals surface area contributed by atoms with Gasteiger partial charge < -0.3 is 20.7 Å². The number of rotatable bonds is 8. The molecule has 0 saturated heterocycles. The molecule has 3 aromatic rings. The van der Waals surface area contributed by atoms with Crippen LogP contribution in [0.5, 0.6) is 5.75 Å². The molecule has 1 amide bonds. The first kappa shape index (κ1) is 20.3. The number of carbonyl (C=O) groups excluding carboxylic acids is 1. The van der Waals surface area contributed by atoms with Crippen LogP contribution in [0.2, 0.25) is 5.02 Å². The van der Waals surface area contributed by atoms with Gasteiger partial charge in [-0.1, -0.05) is 17.7 Å². The maximum absolute atomic E-state index is 12.3. The molecule has 0 aliphatic rings. The van der Waals surface area contributed by atoms with Gasteiger partial charge in [0.05, 0.1) is 12.7 Å². The molecule has 8 nitrogen and oxygen atoms in total. The van der Waals surface area contributed by atoms with Crippen molar-refractivity contribution in [3.05, 3.63) is 64.8 Å². The fourth-order valence-electron chi connectivity index (χ4n) is 2.49. The third-order valence-corrected chi connectivity index (χ3v) is 4.19. The molecular weight excluding hydrogens is 392 g/mol. The van der Waals surface area contributed by atoms with Crippen molar-refractivity contribution in [1.82, 2.24) is 20.5 Å². The van der Waals surface area contributed by atoms with Crippen molar-refractivity contribution in [2.75, 3.05) is 30.8 Å². The van der Waals surface area contributed by atoms with Gasteiger partial charge in [-0.2, -0.15) is 0 Å². The lowest BCUT2D eigenvalue weighted by Crippen LogP contribution is -2.29. The zero-order valence-electron chi connectivity index (χ0n) is 16.1. The highest BCUT2D eigenvalue weighted by Gasteiger charge is 2.12. The van der Waals surface area contributed by atoms with E-state index in [0.717, 1.165) is 5.56 Å². The molecule has 0 spiro atoms. The molecule has 2 heterocycles. The summed E-state index contributed by atoms with van der Waals surface area (Å²) in [5, 5.41) is 17.7. The van der Waals surface area contributed by atoms with E-state index in [9.17, 15) is 4.79 Å². The van der Waals surface area contributed by atoms with Gasteiger partial charge in [-0.3, -0.25) is 4.79 Å². The van der Waals surface area contributed by atoms with Gasteiger partial charge >= 0.3 is 0 Å². The second-order valence-corrected chi connectivity index (χ2v) is 6.61. The second kappa shape index (κ2) is 9.70. The van der Waals surface area contributed by atoms with Gasteiger partial charge in [0.2, 0.25) is 0 Å². The number of hydrogen-bond acceptors (Lipinski definition) is 7. The number of carbonyl (C=O) groups is 1. The number of benzene rings is 1. The quantitative estimate of drug-likeness (QED) is 0.487. The van der Waals surface area contributed by atoms with E-state index in [2.05, 4.69) is 31.1 Å². The molecule has 0 unspecified atom stereocenters. The van der Waals surface area contributed by atoms with Crippen LogP contribution in [0.15, 0.2) is 48.7 Å². The average Bonchev–Trinajstić information content (AvgIpc) is 2.74. The van der Waals surface area contributed by atoms with Crippen molar-refractivity contribution in [3.8, 4) is 5.75 Å². The summed E-state index contributed by atoms with van der Waals surface area (Å²) < 4.78 is 5.19. The zero-order valence-corrected chi connectivity index (χ0v) is 16.8. The summed E-state index contributed by atoms with van der Waals surface area (Å²) in [6.07, 6.45) is 1.78. The fourth-order valence-corrected chi connectivity index (χ4v) is 2.66. The van der Waals surface area contributed by atoms with E-state index in [1.165, 1.54) is 7.11 Å². The van der Waals surface area contributed by atoms with E-state index in [-0.39, 0.29) is 5.91 Å². The maximum Gasteiger partial charge on any atom is 0.255 e. The first-order valence-corrected chi connectivity index (χ1v) is 9.32. The summed E-state index contributed by atoms with van der Waals surface area (Å²) in [4.78, 5) is 16.6. The van der Waals surface area contributed by atoms with Gasteiger partial charge in [-0.05, 0) is 48.9 Å². The standard InChI is InChI=1S/C20H21ClN6O2/c1-13-3-6-17(24-12-13)25-19-8-7-18(26-27-19)22-9-10-23-20(28)15-11-14(21)4-5-16(15)29-2/h3-8,11-12H,9-10H2,1-2H3,(H,22,26)(H,23,28)(H,24,25,27). The highest BCUT2D eigenvalue weighted by atomic mass is 35.5. The summed E-state index contributed by atoms with van der Waals surface area (Å²) >= 11 is 5.96. The van der Waals surface area contributed by atoms with Gasteiger partial charge in [0.15, 0.2) is 5.82 Å². The Hall–Kier alpha value is -3.39. The average molecular weight is 413 g/mol. The lowest BCUT2D eigenvalue weighted by Gasteiger charge is -2.10. The third-order valence-electron chi connectivity index (χ3n) is 3.95. The highest BCUT2D eigenvalue weighted by Crippen LogP contribution is 2.22. The van der Waals surface area contributed by atoms with Crippen LogP contribution in [0.1, 0.15) is 15.9 Å². The van der Waals surface area contributed by atoms with Crippen LogP contribution in [-0.4, -0.2) is 41.3 Å². The van der Waals surface area contributed by atoms with Crippen LogP contribution >= 0.6 is 11.6 Å². The molecule has 2 aromatic heterocycles. The minimum absolute atomic E-state index is 0.262. The van der Waals surface area contributed by atoms with E-state index >= 15 is 0 Å². The van der Waals surface area contributed by atoms with Gasteiger partial charge in [-0.25, -0.2) is 4.98 Å². The van der Waals surface area contributed by atoms with Crippen LogP contribution in [0.25, 0.3) is 0 Å². The van der Waals surface area contributed by atoms with Crippen LogP contribution in [0.4, 0.5) is 17.5 Å². The predicted molar refractivity (Wildman–Crippen MR) is 113 cm³/mol. The van der Waals surface area contributed by atoms with E-state index in [0.29, 0.717) is 46.9 Å². The number of methoxy groups -OCH3 is 1. The number of nitrogens with one attached hydrogen (secondary N) is 3. The number of aryl methyl sites for hydroxylation is 1. The van der Waals surface area contributed by atoms with Crippen molar-refractivity contribution in [2.24, 2.45) is 0 Å². The van der Waals surface area contributed by atoms with Crippen molar-refractivity contribution in [3.63, 3.8) is 0 Å². The number of pyridine rings is 1. The predicted octanol–water partition coefficient (Wildman–Crippen LogP) is 3.43. The zero-order chi connectivity index (χ0) is 20.6. The molecule has 0 fully saturated rings. The van der Waals surface area contributed by atoms with Crippen LogP contribution in [0.3, 0.4) is 0 Å². The molecule has 9 heteroatoms. The number of aromatic nitrogens is 3. The van der Waals surface area contributed by atoms with Gasteiger partial charge in [0.25, 0.3) is 5.91 Å². The molecule has 3 N–H and O–H groups in total. The van der Waals surface area contributed by atoms with Crippen molar-refractivity contribution in [2.45, 2.75) is 6.92 Å². The number of ether oxygens (including phenoxy) is 1. The van der Waals surface area contributed by atoms with E-state index < -0.39 is 0 Å². The van der Waals surface area contributed by atoms with E-state index in [4.69, 9.17) is 16.3 Å². The van der Waals surface area contributed by atoms with Gasteiger partial charge in [0.1, 0.15) is 17.4 Å². The van der Waals surface area contributed by atoms with Crippen molar-refractivity contribution >= 4 is 35.0 Å². The highest BCUT2D eigenvalue weighted by molar-refractivity contribution is 6.31. The molecule has 0 saturated carbocycles. The Morgan fingerprint density at radius 1 is 1.03 bits per heavy atom. The Kier molecular flexibility index (Phi) is 6.80. The van der Waals surface area contributed by atoms with Gasteiger partial charge in [0, 0.05) is 24.3 Å². The number of anilines is 3. The van der Waals surface area contributed by atoms with Gasteiger partial charge in [-0.15, -0.1) is 10.2 Å². The first-order valence-electron chi connectivity index (χ1n) is 8.94. The lowest BCUT2D eigenvalue weighted by molar-refractivity contribution is 0.0952. The number of amides is 1. The molecule has 0 aliphatic heterocycles. The molecule has 0 bridgehead atoms. The molecule has 29 heavy (non-hydrogen) atoms. The Morgan fingerprint density at radius 3 is 2.48 bits per heavy atom. The van der Waals surface area contributed by atoms with Crippen LogP contribution in [0, 0.1) is 6.92 Å². The minimum Gasteiger partial charge on any atom is -0.496 e. The Bertz CT molecular complexity index is 964. The molecule has 150 valence electrons. The topological polar surface area (TPSA) is 101 Å². The van der Waals surface area contributed by atoms with Crippen molar-refractivity contribution in [1.29, 1.82) is 0 Å². The van der Waals surface area contributed by atoms with E-state index in [1.54, 1.807) is 36.5 Å². The summed E-state index contributed by atoms with van der Waals surface area (Å²) in [6.45, 7) is 2.85. The monoisotopic (exact) mass is 412 g/mol. The normalized spacial score (nSPS) is 10.3. The maximum atomic E-state index is 12.3. The molecule has 1 aromatic carbocycles. The third kappa shape index (κ3) is 5.79. The SMILES string of the molecule is COc1ccc(Cl)cc1C(=O)NCCNc1ccc(Nc2ccc(C)cn2)nn1. The summed E-state index contributed by atoms with van der Waals surface area (Å²) in [5.74, 6) is 2.10. The number of nitrogens with zero attached hydrogens (tertiary/aromatic N) is 3. The number of halogens is 1. The Balaban J connectivity index is 1.46. The van der Waals surface area contributed by atoms with Crippen LogP contribution < -0.4 is 20.7 Å². The first-order chi connectivity index (χ1) is 14.0. The molecule has 0 radical (unpaired) electrons. The van der Waals surface area contributed by atoms with E-state index in [1.807, 2.05) is 19.1 Å². The Morgan fingerprint density at radius 2 is 1.79 bits per heavy atom. The lowest BCUT2D eigenvalue weighted by atomic mass is 10.2. The summed E-state index contributed by atoms with van der Waals surface area (Å²) in [6, 6.07) is 12.3.